The minimum atomic E-state index is -0.194. The molecule has 4 rings (SSSR count). The predicted molar refractivity (Wildman–Crippen MR) is 175 cm³/mol. The number of aliphatic hydroxyl groups is 1. The van der Waals surface area contributed by atoms with Gasteiger partial charge in [-0.3, -0.25) is 9.78 Å². The highest BCUT2D eigenvalue weighted by molar-refractivity contribution is 5.89. The summed E-state index contributed by atoms with van der Waals surface area (Å²) >= 11 is 0. The minimum absolute atomic E-state index is 0.0368. The second-order valence-corrected chi connectivity index (χ2v) is 10.7. The lowest BCUT2D eigenvalue weighted by molar-refractivity contribution is 0.267. The van der Waals surface area contributed by atoms with Crippen LogP contribution in [0, 0.1) is 0 Å². The predicted octanol–water partition coefficient (Wildman–Crippen LogP) is 4.98. The van der Waals surface area contributed by atoms with Crippen molar-refractivity contribution in [1.82, 2.24) is 24.8 Å². The molecule has 234 valence electrons. The van der Waals surface area contributed by atoms with Crippen LogP contribution in [0.3, 0.4) is 0 Å². The molecule has 1 aromatic carbocycles. The summed E-state index contributed by atoms with van der Waals surface area (Å²) in [5, 5.41) is 16.8. The minimum Gasteiger partial charge on any atom is -0.497 e. The molecule has 0 bridgehead atoms. The summed E-state index contributed by atoms with van der Waals surface area (Å²) in [5.41, 5.74) is 4.41. The number of aliphatic hydroxyl groups excluding tert-OH is 1. The fraction of sp³-hybridized carbons (Fsp3) is 0.394. The van der Waals surface area contributed by atoms with Crippen molar-refractivity contribution >= 4 is 22.8 Å². The van der Waals surface area contributed by atoms with Crippen LogP contribution in [0.2, 0.25) is 0 Å². The van der Waals surface area contributed by atoms with Gasteiger partial charge in [0, 0.05) is 55.3 Å². The number of nitrogens with zero attached hydrogens (tertiary/aromatic N) is 4. The van der Waals surface area contributed by atoms with E-state index >= 15 is 0 Å². The smallest absolute Gasteiger partial charge is 0.248 e. The summed E-state index contributed by atoms with van der Waals surface area (Å²) in [5.74, 6) is 2.29. The van der Waals surface area contributed by atoms with E-state index in [1.165, 1.54) is 0 Å². The van der Waals surface area contributed by atoms with Gasteiger partial charge in [-0.2, -0.15) is 4.98 Å². The van der Waals surface area contributed by atoms with E-state index < -0.39 is 0 Å². The summed E-state index contributed by atoms with van der Waals surface area (Å²) in [6.07, 6.45) is 9.03. The molecular formula is C33H43N7O4. The highest BCUT2D eigenvalue weighted by Gasteiger charge is 2.17. The van der Waals surface area contributed by atoms with Crippen molar-refractivity contribution in [3.63, 3.8) is 0 Å². The Hall–Kier alpha value is -4.48. The van der Waals surface area contributed by atoms with Crippen LogP contribution < -0.4 is 25.7 Å². The second kappa shape index (κ2) is 15.8. The number of rotatable bonds is 17. The summed E-state index contributed by atoms with van der Waals surface area (Å²) < 4.78 is 10.9. The first-order valence-electron chi connectivity index (χ1n) is 14.9. The van der Waals surface area contributed by atoms with Gasteiger partial charge in [0.1, 0.15) is 17.0 Å². The highest BCUT2D eigenvalue weighted by atomic mass is 16.5. The standard InChI is InChI=1S/C33H43N7O4/c1-6-8-10-25(21-41)37-32-31-28(38-33(39-32)36-17-22-11-12-26(43-4)15-29(22)44-5)14-23(18-35-31)27-16-30(42)34-19-24(27)20-40(3)13-9-7-2/h7,11-12,14-16,18-19,25,41H,2,6,8-10,13,17,20-21H2,1,3-5H3,(H,34,42)(H2,36,37,38,39)/t25-/m1/s1. The zero-order valence-electron chi connectivity index (χ0n) is 26.0. The number of ether oxygens (including phenoxy) is 2. The van der Waals surface area contributed by atoms with E-state index in [1.54, 1.807) is 32.7 Å². The molecule has 0 unspecified atom stereocenters. The zero-order valence-corrected chi connectivity index (χ0v) is 26.0. The van der Waals surface area contributed by atoms with Crippen LogP contribution in [0.4, 0.5) is 11.8 Å². The van der Waals surface area contributed by atoms with E-state index in [-0.39, 0.29) is 18.2 Å². The lowest BCUT2D eigenvalue weighted by Gasteiger charge is -2.19. The molecule has 0 radical (unpaired) electrons. The third-order valence-electron chi connectivity index (χ3n) is 7.41. The first-order valence-corrected chi connectivity index (χ1v) is 14.9. The number of pyridine rings is 2. The number of methoxy groups -OCH3 is 2. The normalized spacial score (nSPS) is 11.9. The van der Waals surface area contributed by atoms with Gasteiger partial charge < -0.3 is 35.1 Å². The van der Waals surface area contributed by atoms with Crippen LogP contribution in [0.5, 0.6) is 11.5 Å². The number of nitrogens with one attached hydrogen (secondary N) is 3. The van der Waals surface area contributed by atoms with E-state index in [9.17, 15) is 9.90 Å². The van der Waals surface area contributed by atoms with E-state index in [2.05, 4.69) is 34.0 Å². The molecule has 4 N–H and O–H groups in total. The van der Waals surface area contributed by atoms with Gasteiger partial charge in [-0.25, -0.2) is 4.98 Å². The SMILES string of the molecule is C=CCCN(C)Cc1c[nH]c(=O)cc1-c1cnc2c(N[C@@H](CO)CCCC)nc(NCc3ccc(OC)cc3OC)nc2c1. The molecule has 0 aliphatic carbocycles. The lowest BCUT2D eigenvalue weighted by atomic mass is 10.0. The summed E-state index contributed by atoms with van der Waals surface area (Å²) in [6.45, 7) is 7.78. The molecule has 4 aromatic rings. The van der Waals surface area contributed by atoms with Crippen molar-refractivity contribution in [2.45, 2.75) is 51.7 Å². The van der Waals surface area contributed by atoms with Crippen molar-refractivity contribution in [1.29, 1.82) is 0 Å². The van der Waals surface area contributed by atoms with Crippen LogP contribution in [0.1, 0.15) is 43.7 Å². The van der Waals surface area contributed by atoms with Gasteiger partial charge in [-0.05, 0) is 49.2 Å². The van der Waals surface area contributed by atoms with Gasteiger partial charge in [0.15, 0.2) is 5.82 Å². The van der Waals surface area contributed by atoms with E-state index in [4.69, 9.17) is 24.4 Å². The number of aromatic amines is 1. The van der Waals surface area contributed by atoms with Crippen molar-refractivity contribution in [3.05, 3.63) is 76.9 Å². The van der Waals surface area contributed by atoms with E-state index in [0.717, 1.165) is 54.5 Å². The number of hydrogen-bond donors (Lipinski definition) is 4. The number of aromatic nitrogens is 4. The van der Waals surface area contributed by atoms with Gasteiger partial charge in [-0.15, -0.1) is 6.58 Å². The van der Waals surface area contributed by atoms with E-state index in [0.29, 0.717) is 47.4 Å². The molecule has 11 nitrogen and oxygen atoms in total. The van der Waals surface area contributed by atoms with Crippen LogP contribution in [0.15, 0.2) is 60.2 Å². The molecule has 0 aliphatic rings. The number of H-pyrrole nitrogens is 1. The monoisotopic (exact) mass is 601 g/mol. The maximum atomic E-state index is 12.4. The summed E-state index contributed by atoms with van der Waals surface area (Å²) in [6, 6.07) is 8.97. The third kappa shape index (κ3) is 8.33. The Labute approximate surface area is 258 Å². The molecule has 3 heterocycles. The number of fused-ring (bicyclic) bond motifs is 1. The molecule has 0 saturated heterocycles. The Morgan fingerprint density at radius 3 is 2.73 bits per heavy atom. The molecular weight excluding hydrogens is 558 g/mol. The molecule has 0 fully saturated rings. The number of benzene rings is 1. The molecule has 0 aliphatic heterocycles. The van der Waals surface area contributed by atoms with Crippen LogP contribution in [0.25, 0.3) is 22.2 Å². The Morgan fingerprint density at radius 2 is 2.00 bits per heavy atom. The van der Waals surface area contributed by atoms with Gasteiger partial charge in [0.2, 0.25) is 11.5 Å². The quantitative estimate of drug-likeness (QED) is 0.123. The van der Waals surface area contributed by atoms with Crippen molar-refractivity contribution < 1.29 is 14.6 Å². The number of anilines is 2. The van der Waals surface area contributed by atoms with Gasteiger partial charge in [0.05, 0.1) is 32.4 Å². The average molecular weight is 602 g/mol. The van der Waals surface area contributed by atoms with Gasteiger partial charge in [0.25, 0.3) is 0 Å². The molecule has 1 atom stereocenters. The van der Waals surface area contributed by atoms with Crippen LogP contribution in [-0.4, -0.2) is 70.4 Å². The van der Waals surface area contributed by atoms with Crippen molar-refractivity contribution in [2.75, 3.05) is 45.1 Å². The maximum Gasteiger partial charge on any atom is 0.248 e. The third-order valence-corrected chi connectivity index (χ3v) is 7.41. The zero-order chi connectivity index (χ0) is 31.5. The number of unbranched alkanes of at least 4 members (excludes halogenated alkanes) is 1. The molecule has 0 amide bonds. The van der Waals surface area contributed by atoms with Crippen molar-refractivity contribution in [3.8, 4) is 22.6 Å². The molecule has 44 heavy (non-hydrogen) atoms. The second-order valence-electron chi connectivity index (χ2n) is 10.7. The average Bonchev–Trinajstić information content (AvgIpc) is 3.04. The topological polar surface area (TPSA) is 138 Å². The first kappa shape index (κ1) is 32.4. The Kier molecular flexibility index (Phi) is 11.7. The maximum absolute atomic E-state index is 12.4. The van der Waals surface area contributed by atoms with E-state index in [1.807, 2.05) is 37.4 Å². The molecule has 0 saturated carbocycles. The Balaban J connectivity index is 1.74. The molecule has 3 aromatic heterocycles. The summed E-state index contributed by atoms with van der Waals surface area (Å²) in [7, 11) is 5.27. The highest BCUT2D eigenvalue weighted by Crippen LogP contribution is 2.29. The van der Waals surface area contributed by atoms with Crippen LogP contribution in [-0.2, 0) is 13.1 Å². The fourth-order valence-corrected chi connectivity index (χ4v) is 4.95. The van der Waals surface area contributed by atoms with Gasteiger partial charge >= 0.3 is 0 Å². The van der Waals surface area contributed by atoms with Crippen LogP contribution >= 0.6 is 0 Å². The number of hydrogen-bond acceptors (Lipinski definition) is 10. The molecule has 0 spiro atoms. The Bertz CT molecular complexity index is 1610. The molecule has 11 heteroatoms. The summed E-state index contributed by atoms with van der Waals surface area (Å²) in [4.78, 5) is 31.7. The largest absolute Gasteiger partial charge is 0.497 e. The first-order chi connectivity index (χ1) is 21.4. The van der Waals surface area contributed by atoms with Gasteiger partial charge in [-0.1, -0.05) is 25.8 Å². The lowest BCUT2D eigenvalue weighted by Crippen LogP contribution is -2.25. The Morgan fingerprint density at radius 1 is 1.16 bits per heavy atom. The fourth-order valence-electron chi connectivity index (χ4n) is 4.95. The van der Waals surface area contributed by atoms with Crippen molar-refractivity contribution in [2.24, 2.45) is 0 Å².